The monoisotopic (exact) mass is 215 g/mol. The first-order valence-corrected chi connectivity index (χ1v) is 4.98. The lowest BCUT2D eigenvalue weighted by Crippen LogP contribution is -2.22. The highest BCUT2D eigenvalue weighted by atomic mass is 35.5. The molecule has 0 saturated heterocycles. The van der Waals surface area contributed by atoms with Crippen molar-refractivity contribution in [2.24, 2.45) is 0 Å². The molecule has 5 heteroatoms. The van der Waals surface area contributed by atoms with E-state index >= 15 is 0 Å². The van der Waals surface area contributed by atoms with Crippen molar-refractivity contribution in [2.75, 3.05) is 13.6 Å². The summed E-state index contributed by atoms with van der Waals surface area (Å²) >= 11 is 5.72. The fourth-order valence-electron chi connectivity index (χ4n) is 1.17. The van der Waals surface area contributed by atoms with Gasteiger partial charge in [0.1, 0.15) is 0 Å². The van der Waals surface area contributed by atoms with E-state index in [1.54, 1.807) is 6.20 Å². The Hall–Kier alpha value is -0.870. The predicted octanol–water partition coefficient (Wildman–Crippen LogP) is 0.896. The smallest absolute Gasteiger partial charge is 0.320 e. The van der Waals surface area contributed by atoms with E-state index in [0.717, 1.165) is 19.4 Å². The molecule has 0 aliphatic rings. The van der Waals surface area contributed by atoms with E-state index in [2.05, 4.69) is 10.3 Å². The van der Waals surface area contributed by atoms with Gasteiger partial charge in [-0.3, -0.25) is 4.57 Å². The third kappa shape index (κ3) is 3.47. The maximum atomic E-state index is 11.2. The molecule has 0 aliphatic carbocycles. The third-order valence-corrected chi connectivity index (χ3v) is 2.09. The van der Waals surface area contributed by atoms with Gasteiger partial charge in [-0.1, -0.05) is 11.6 Å². The number of nitrogens with one attached hydrogen (secondary N) is 1. The zero-order valence-corrected chi connectivity index (χ0v) is 8.92. The van der Waals surface area contributed by atoms with Crippen LogP contribution in [0, 0.1) is 0 Å². The highest BCUT2D eigenvalue weighted by Gasteiger charge is 1.97. The van der Waals surface area contributed by atoms with Gasteiger partial charge in [0.15, 0.2) is 0 Å². The van der Waals surface area contributed by atoms with Crippen molar-refractivity contribution >= 4 is 11.6 Å². The molecule has 0 atom stereocenters. The van der Waals surface area contributed by atoms with Gasteiger partial charge in [-0.25, -0.2) is 9.78 Å². The first-order valence-electron chi connectivity index (χ1n) is 4.60. The van der Waals surface area contributed by atoms with Crippen LogP contribution in [0.4, 0.5) is 0 Å². The van der Waals surface area contributed by atoms with Crippen LogP contribution in [0.3, 0.4) is 0 Å². The fourth-order valence-corrected chi connectivity index (χ4v) is 1.34. The number of halogens is 1. The van der Waals surface area contributed by atoms with Crippen molar-refractivity contribution in [3.63, 3.8) is 0 Å². The van der Waals surface area contributed by atoms with Crippen molar-refractivity contribution < 1.29 is 0 Å². The highest BCUT2D eigenvalue weighted by molar-refractivity contribution is 6.30. The van der Waals surface area contributed by atoms with Crippen molar-refractivity contribution in [3.05, 3.63) is 27.9 Å². The maximum absolute atomic E-state index is 11.2. The predicted molar refractivity (Wildman–Crippen MR) is 56.7 cm³/mol. The summed E-state index contributed by atoms with van der Waals surface area (Å²) in [5.41, 5.74) is -0.237. The van der Waals surface area contributed by atoms with Crippen LogP contribution < -0.4 is 11.0 Å². The zero-order chi connectivity index (χ0) is 10.4. The largest absolute Gasteiger partial charge is 0.347 e. The van der Waals surface area contributed by atoms with Crippen LogP contribution in [-0.4, -0.2) is 23.1 Å². The van der Waals surface area contributed by atoms with Gasteiger partial charge in [0.05, 0.1) is 11.2 Å². The summed E-state index contributed by atoms with van der Waals surface area (Å²) in [6.45, 7) is 1.64. The summed E-state index contributed by atoms with van der Waals surface area (Å²) in [5, 5.41) is 3.55. The molecule has 0 fully saturated rings. The van der Waals surface area contributed by atoms with Crippen LogP contribution in [0.25, 0.3) is 0 Å². The second kappa shape index (κ2) is 5.78. The molecule has 1 aromatic rings. The summed E-state index contributed by atoms with van der Waals surface area (Å²) in [6.07, 6.45) is 4.97. The first-order chi connectivity index (χ1) is 6.74. The number of nitrogens with zero attached hydrogens (tertiary/aromatic N) is 2. The Balaban J connectivity index is 2.49. The number of aromatic nitrogens is 2. The maximum Gasteiger partial charge on any atom is 0.347 e. The average Bonchev–Trinajstić information content (AvgIpc) is 2.18. The Morgan fingerprint density at radius 2 is 2.36 bits per heavy atom. The lowest BCUT2D eigenvalue weighted by molar-refractivity contribution is 0.569. The van der Waals surface area contributed by atoms with Crippen LogP contribution >= 0.6 is 11.6 Å². The van der Waals surface area contributed by atoms with Crippen LogP contribution in [0.15, 0.2) is 17.2 Å². The molecule has 0 amide bonds. The van der Waals surface area contributed by atoms with Gasteiger partial charge >= 0.3 is 5.69 Å². The number of hydrogen-bond donors (Lipinski definition) is 1. The molecule has 14 heavy (non-hydrogen) atoms. The van der Waals surface area contributed by atoms with Crippen LogP contribution in [0.1, 0.15) is 12.8 Å². The minimum absolute atomic E-state index is 0.237. The Kier molecular flexibility index (Phi) is 4.62. The van der Waals surface area contributed by atoms with Gasteiger partial charge < -0.3 is 5.32 Å². The number of hydrogen-bond acceptors (Lipinski definition) is 3. The zero-order valence-electron chi connectivity index (χ0n) is 8.16. The molecule has 4 nitrogen and oxygen atoms in total. The molecule has 0 aromatic carbocycles. The van der Waals surface area contributed by atoms with Gasteiger partial charge in [0, 0.05) is 12.7 Å². The summed E-state index contributed by atoms with van der Waals surface area (Å²) in [7, 11) is 1.91. The lowest BCUT2D eigenvalue weighted by atomic mass is 10.3. The summed E-state index contributed by atoms with van der Waals surface area (Å²) < 4.78 is 1.54. The minimum atomic E-state index is -0.237. The molecule has 0 unspecified atom stereocenters. The summed E-state index contributed by atoms with van der Waals surface area (Å²) in [5.74, 6) is 0. The van der Waals surface area contributed by atoms with E-state index in [0.29, 0.717) is 11.6 Å². The van der Waals surface area contributed by atoms with E-state index < -0.39 is 0 Å². The van der Waals surface area contributed by atoms with Crippen molar-refractivity contribution in [1.29, 1.82) is 0 Å². The van der Waals surface area contributed by atoms with Gasteiger partial charge in [-0.2, -0.15) is 0 Å². The van der Waals surface area contributed by atoms with E-state index in [1.807, 2.05) is 7.05 Å². The molecular formula is C9H14ClN3O. The van der Waals surface area contributed by atoms with E-state index in [9.17, 15) is 4.79 Å². The van der Waals surface area contributed by atoms with Crippen molar-refractivity contribution in [1.82, 2.24) is 14.9 Å². The Labute approximate surface area is 87.9 Å². The molecule has 1 heterocycles. The molecule has 1 rings (SSSR count). The lowest BCUT2D eigenvalue weighted by Gasteiger charge is -2.04. The van der Waals surface area contributed by atoms with Gasteiger partial charge in [0.2, 0.25) is 0 Å². The molecule has 0 radical (unpaired) electrons. The number of aryl methyl sites for hydroxylation is 1. The van der Waals surface area contributed by atoms with Crippen LogP contribution in [0.5, 0.6) is 0 Å². The van der Waals surface area contributed by atoms with Gasteiger partial charge in [-0.05, 0) is 26.4 Å². The molecule has 78 valence electrons. The van der Waals surface area contributed by atoms with E-state index in [-0.39, 0.29) is 5.69 Å². The number of rotatable bonds is 5. The van der Waals surface area contributed by atoms with E-state index in [4.69, 9.17) is 11.6 Å². The van der Waals surface area contributed by atoms with Gasteiger partial charge in [-0.15, -0.1) is 0 Å². The number of unbranched alkanes of at least 4 members (excludes halogenated alkanes) is 1. The summed E-state index contributed by atoms with van der Waals surface area (Å²) in [4.78, 5) is 14.9. The second-order valence-electron chi connectivity index (χ2n) is 3.06. The molecule has 0 aliphatic heterocycles. The second-order valence-corrected chi connectivity index (χ2v) is 3.50. The molecule has 0 saturated carbocycles. The standard InChI is InChI=1S/C9H14ClN3O/c1-11-4-2-3-5-13-7-8(10)6-12-9(13)14/h6-7,11H,2-5H2,1H3. The van der Waals surface area contributed by atoms with Gasteiger partial charge in [0.25, 0.3) is 0 Å². The Morgan fingerprint density at radius 1 is 1.57 bits per heavy atom. The fraction of sp³-hybridized carbons (Fsp3) is 0.556. The van der Waals surface area contributed by atoms with Crippen LogP contribution in [0.2, 0.25) is 5.02 Å². The van der Waals surface area contributed by atoms with Crippen LogP contribution in [-0.2, 0) is 6.54 Å². The minimum Gasteiger partial charge on any atom is -0.320 e. The quantitative estimate of drug-likeness (QED) is 0.743. The van der Waals surface area contributed by atoms with Crippen molar-refractivity contribution in [3.8, 4) is 0 Å². The Morgan fingerprint density at radius 3 is 3.07 bits per heavy atom. The average molecular weight is 216 g/mol. The van der Waals surface area contributed by atoms with E-state index in [1.165, 1.54) is 10.8 Å². The topological polar surface area (TPSA) is 46.9 Å². The normalized spacial score (nSPS) is 10.4. The molecule has 1 N–H and O–H groups in total. The molecule has 0 bridgehead atoms. The summed E-state index contributed by atoms with van der Waals surface area (Å²) in [6, 6.07) is 0. The Bertz CT molecular complexity index is 337. The SMILES string of the molecule is CNCCCCn1cc(Cl)cnc1=O. The molecule has 0 spiro atoms. The first kappa shape index (κ1) is 11.2. The highest BCUT2D eigenvalue weighted by Crippen LogP contribution is 2.02. The molecular weight excluding hydrogens is 202 g/mol. The third-order valence-electron chi connectivity index (χ3n) is 1.90. The van der Waals surface area contributed by atoms with Crippen molar-refractivity contribution in [2.45, 2.75) is 19.4 Å². The molecule has 1 aromatic heterocycles.